The molecule has 0 unspecified atom stereocenters. The number of nitrogens with zero attached hydrogens (tertiary/aromatic N) is 1. The van der Waals surface area contributed by atoms with E-state index in [-0.39, 0.29) is 11.4 Å². The largest absolute Gasteiger partial charge is 0.363 e. The van der Waals surface area contributed by atoms with Gasteiger partial charge in [-0.05, 0) is 12.6 Å². The first-order valence-electron chi connectivity index (χ1n) is 5.87. The van der Waals surface area contributed by atoms with Crippen molar-refractivity contribution in [2.24, 2.45) is 0 Å². The maximum absolute atomic E-state index is 12.2. The van der Waals surface area contributed by atoms with E-state index < -0.39 is 10.0 Å². The standard InChI is InChI=1S/C12H19N3O2S/c1-4-7-15(6-3)18(16,17)12-8-11(14-10-12)9-13-5-2/h1,8,10,13-14H,5-7,9H2,2-3H3. The van der Waals surface area contributed by atoms with Crippen molar-refractivity contribution < 1.29 is 8.42 Å². The molecule has 0 fully saturated rings. The molecule has 100 valence electrons. The van der Waals surface area contributed by atoms with Crippen molar-refractivity contribution in [3.63, 3.8) is 0 Å². The van der Waals surface area contributed by atoms with Gasteiger partial charge >= 0.3 is 0 Å². The number of terminal acetylenes is 1. The summed E-state index contributed by atoms with van der Waals surface area (Å²) in [4.78, 5) is 3.20. The van der Waals surface area contributed by atoms with Crippen molar-refractivity contribution in [3.05, 3.63) is 18.0 Å². The van der Waals surface area contributed by atoms with Crippen molar-refractivity contribution in [1.82, 2.24) is 14.6 Å². The van der Waals surface area contributed by atoms with Crippen LogP contribution < -0.4 is 5.32 Å². The predicted octanol–water partition coefficient (Wildman–Crippen LogP) is 0.768. The van der Waals surface area contributed by atoms with Gasteiger partial charge in [0, 0.05) is 25.0 Å². The number of rotatable bonds is 7. The smallest absolute Gasteiger partial charge is 0.245 e. The molecule has 0 aliphatic rings. The van der Waals surface area contributed by atoms with Crippen LogP contribution in [-0.4, -0.2) is 37.3 Å². The van der Waals surface area contributed by atoms with E-state index in [0.29, 0.717) is 13.1 Å². The Morgan fingerprint density at radius 3 is 2.78 bits per heavy atom. The van der Waals surface area contributed by atoms with E-state index in [2.05, 4.69) is 16.2 Å². The van der Waals surface area contributed by atoms with Crippen molar-refractivity contribution >= 4 is 10.0 Å². The van der Waals surface area contributed by atoms with Gasteiger partial charge in [0.25, 0.3) is 0 Å². The third-order valence-electron chi connectivity index (χ3n) is 2.54. The molecule has 0 spiro atoms. The molecule has 2 N–H and O–H groups in total. The molecule has 0 bridgehead atoms. The van der Waals surface area contributed by atoms with Crippen LogP contribution >= 0.6 is 0 Å². The fourth-order valence-electron chi connectivity index (χ4n) is 1.55. The maximum Gasteiger partial charge on any atom is 0.245 e. The summed E-state index contributed by atoms with van der Waals surface area (Å²) >= 11 is 0. The molecule has 0 saturated heterocycles. The van der Waals surface area contributed by atoms with Crippen LogP contribution in [0.2, 0.25) is 0 Å². The number of nitrogens with one attached hydrogen (secondary N) is 2. The van der Waals surface area contributed by atoms with E-state index >= 15 is 0 Å². The van der Waals surface area contributed by atoms with Gasteiger partial charge in [-0.25, -0.2) is 8.42 Å². The van der Waals surface area contributed by atoms with Gasteiger partial charge in [0.15, 0.2) is 0 Å². The third kappa shape index (κ3) is 3.35. The van der Waals surface area contributed by atoms with E-state index in [0.717, 1.165) is 12.2 Å². The second-order valence-electron chi connectivity index (χ2n) is 3.78. The Kier molecular flexibility index (Phi) is 5.41. The van der Waals surface area contributed by atoms with Gasteiger partial charge in [-0.15, -0.1) is 6.42 Å². The van der Waals surface area contributed by atoms with E-state index in [1.807, 2.05) is 6.92 Å². The van der Waals surface area contributed by atoms with Crippen LogP contribution in [0.1, 0.15) is 19.5 Å². The van der Waals surface area contributed by atoms with Crippen molar-refractivity contribution in [3.8, 4) is 12.3 Å². The highest BCUT2D eigenvalue weighted by atomic mass is 32.2. The van der Waals surface area contributed by atoms with Gasteiger partial charge in [-0.3, -0.25) is 0 Å². The number of aromatic amines is 1. The van der Waals surface area contributed by atoms with Crippen LogP contribution in [0, 0.1) is 12.3 Å². The average molecular weight is 269 g/mol. The summed E-state index contributed by atoms with van der Waals surface area (Å²) in [5.41, 5.74) is 0.840. The summed E-state index contributed by atoms with van der Waals surface area (Å²) in [6.45, 7) is 5.66. The minimum absolute atomic E-state index is 0.0898. The van der Waals surface area contributed by atoms with Crippen molar-refractivity contribution in [2.45, 2.75) is 25.3 Å². The van der Waals surface area contributed by atoms with Crippen LogP contribution in [0.25, 0.3) is 0 Å². The molecule has 0 atom stereocenters. The maximum atomic E-state index is 12.2. The predicted molar refractivity (Wildman–Crippen MR) is 71.4 cm³/mol. The Hall–Kier alpha value is -1.29. The molecule has 5 nitrogen and oxygen atoms in total. The second-order valence-corrected chi connectivity index (χ2v) is 5.71. The van der Waals surface area contributed by atoms with Crippen molar-refractivity contribution in [2.75, 3.05) is 19.6 Å². The summed E-state index contributed by atoms with van der Waals surface area (Å²) in [6, 6.07) is 1.64. The SMILES string of the molecule is C#CCN(CC)S(=O)(=O)c1c[nH]c(CNCC)c1. The molecule has 0 aliphatic heterocycles. The minimum atomic E-state index is -3.49. The molecule has 6 heteroatoms. The van der Waals surface area contributed by atoms with E-state index in [1.54, 1.807) is 13.0 Å². The lowest BCUT2D eigenvalue weighted by Gasteiger charge is -2.16. The number of aromatic nitrogens is 1. The van der Waals surface area contributed by atoms with Gasteiger partial charge in [0.2, 0.25) is 10.0 Å². The molecular formula is C12H19N3O2S. The molecule has 0 amide bonds. The van der Waals surface area contributed by atoms with Crippen molar-refractivity contribution in [1.29, 1.82) is 0 Å². The zero-order chi connectivity index (χ0) is 13.6. The van der Waals surface area contributed by atoms with Gasteiger partial charge in [0.05, 0.1) is 11.4 Å². The highest BCUT2D eigenvalue weighted by Gasteiger charge is 2.23. The van der Waals surface area contributed by atoms with E-state index in [4.69, 9.17) is 6.42 Å². The second kappa shape index (κ2) is 6.59. The van der Waals surface area contributed by atoms with Gasteiger partial charge < -0.3 is 10.3 Å². The molecule has 0 aromatic carbocycles. The zero-order valence-corrected chi connectivity index (χ0v) is 11.5. The summed E-state index contributed by atoms with van der Waals surface area (Å²) in [6.07, 6.45) is 6.68. The summed E-state index contributed by atoms with van der Waals surface area (Å²) in [7, 11) is -3.49. The fourth-order valence-corrected chi connectivity index (χ4v) is 2.93. The molecule has 1 heterocycles. The first kappa shape index (κ1) is 14.8. The van der Waals surface area contributed by atoms with Gasteiger partial charge in [-0.2, -0.15) is 4.31 Å². The van der Waals surface area contributed by atoms with E-state index in [9.17, 15) is 8.42 Å². The third-order valence-corrected chi connectivity index (χ3v) is 4.44. The zero-order valence-electron chi connectivity index (χ0n) is 10.7. The van der Waals surface area contributed by atoms with Gasteiger partial charge in [0.1, 0.15) is 0 Å². The number of H-pyrrole nitrogens is 1. The molecule has 1 aromatic rings. The van der Waals surface area contributed by atoms with Gasteiger partial charge in [-0.1, -0.05) is 19.8 Å². The van der Waals surface area contributed by atoms with E-state index in [1.165, 1.54) is 10.5 Å². The molecule has 0 aliphatic carbocycles. The average Bonchev–Trinajstić information content (AvgIpc) is 2.82. The molecular weight excluding hydrogens is 250 g/mol. The lowest BCUT2D eigenvalue weighted by molar-refractivity contribution is 0.464. The quantitative estimate of drug-likeness (QED) is 0.719. The van der Waals surface area contributed by atoms with Crippen LogP contribution in [0.4, 0.5) is 0 Å². The lowest BCUT2D eigenvalue weighted by atomic mass is 10.4. The molecule has 0 saturated carbocycles. The topological polar surface area (TPSA) is 65.2 Å². The lowest BCUT2D eigenvalue weighted by Crippen LogP contribution is -2.31. The summed E-state index contributed by atoms with van der Waals surface area (Å²) in [5, 5.41) is 3.13. The van der Waals surface area contributed by atoms with Crippen LogP contribution in [0.3, 0.4) is 0 Å². The molecule has 0 radical (unpaired) electrons. The fraction of sp³-hybridized carbons (Fsp3) is 0.500. The van der Waals surface area contributed by atoms with Crippen LogP contribution in [0.15, 0.2) is 17.2 Å². The Morgan fingerprint density at radius 2 is 2.22 bits per heavy atom. The number of sulfonamides is 1. The summed E-state index contributed by atoms with van der Waals surface area (Å²) < 4.78 is 25.7. The normalized spacial score (nSPS) is 11.7. The Balaban J connectivity index is 2.91. The van der Waals surface area contributed by atoms with Crippen LogP contribution in [-0.2, 0) is 16.6 Å². The molecule has 1 rings (SSSR count). The highest BCUT2D eigenvalue weighted by Crippen LogP contribution is 2.16. The molecule has 1 aromatic heterocycles. The Labute approximate surface area is 109 Å². The van der Waals surface area contributed by atoms with Crippen LogP contribution in [0.5, 0.6) is 0 Å². The Bertz CT molecular complexity index is 514. The first-order chi connectivity index (χ1) is 8.56. The highest BCUT2D eigenvalue weighted by molar-refractivity contribution is 7.89. The minimum Gasteiger partial charge on any atom is -0.363 e. The first-order valence-corrected chi connectivity index (χ1v) is 7.31. The Morgan fingerprint density at radius 1 is 1.50 bits per heavy atom. The number of hydrogen-bond donors (Lipinski definition) is 2. The monoisotopic (exact) mass is 269 g/mol. The summed E-state index contributed by atoms with van der Waals surface area (Å²) in [5.74, 6) is 2.36. The number of hydrogen-bond acceptors (Lipinski definition) is 3. The molecule has 18 heavy (non-hydrogen) atoms.